The van der Waals surface area contributed by atoms with Gasteiger partial charge in [-0.05, 0) is 20.8 Å². The Labute approximate surface area is 211 Å². The van der Waals surface area contributed by atoms with Crippen LogP contribution in [-0.4, -0.2) is 50.6 Å². The fourth-order valence-electron chi connectivity index (χ4n) is 3.85. The molecule has 0 radical (unpaired) electrons. The normalized spacial score (nSPS) is 10.9. The van der Waals surface area contributed by atoms with Crippen LogP contribution < -0.4 is 31.4 Å². The molecule has 0 spiro atoms. The first-order valence-corrected chi connectivity index (χ1v) is 11.6. The second-order valence-electron chi connectivity index (χ2n) is 7.60. The zero-order chi connectivity index (χ0) is 26.6. The van der Waals surface area contributed by atoms with Crippen LogP contribution in [0, 0.1) is 0 Å². The molecule has 3 rings (SSSR count). The number of ether oxygens (including phenoxy) is 1. The van der Waals surface area contributed by atoms with Crippen LogP contribution in [-0.2, 0) is 24.4 Å². The van der Waals surface area contributed by atoms with Crippen LogP contribution >= 0.6 is 11.6 Å². The second-order valence-corrected chi connectivity index (χ2v) is 7.96. The SMILES string of the molecule is CCNC(=O)c1cc2c(cc1OCC(=O)O)n(CC)c(CNC(=O)c1nc(Cl)c(N)nc1N)[n+]2CC. The molecule has 0 saturated heterocycles. The molecule has 192 valence electrons. The number of aliphatic carboxylic acids is 1. The van der Waals surface area contributed by atoms with E-state index in [-0.39, 0.29) is 40.3 Å². The Balaban J connectivity index is 2.07. The van der Waals surface area contributed by atoms with Crippen molar-refractivity contribution in [1.29, 1.82) is 0 Å². The van der Waals surface area contributed by atoms with Gasteiger partial charge in [0.2, 0.25) is 0 Å². The number of carbonyl (C=O) groups excluding carboxylic acids is 2. The van der Waals surface area contributed by atoms with Gasteiger partial charge in [-0.2, -0.15) is 0 Å². The number of nitrogens with zero attached hydrogens (tertiary/aromatic N) is 4. The molecular weight excluding hydrogens is 492 g/mol. The van der Waals surface area contributed by atoms with Crippen molar-refractivity contribution in [3.8, 4) is 5.75 Å². The minimum Gasteiger partial charge on any atom is -0.481 e. The zero-order valence-corrected chi connectivity index (χ0v) is 20.8. The third kappa shape index (κ3) is 5.25. The number of carbonyl (C=O) groups is 3. The van der Waals surface area contributed by atoms with Gasteiger partial charge in [0.1, 0.15) is 12.3 Å². The first-order valence-electron chi connectivity index (χ1n) is 11.2. The van der Waals surface area contributed by atoms with Gasteiger partial charge in [0.05, 0.1) is 18.7 Å². The Morgan fingerprint density at radius 3 is 2.44 bits per heavy atom. The summed E-state index contributed by atoms with van der Waals surface area (Å²) in [5.41, 5.74) is 12.8. The topological polar surface area (TPSA) is 191 Å². The van der Waals surface area contributed by atoms with Crippen LogP contribution in [0.3, 0.4) is 0 Å². The van der Waals surface area contributed by atoms with E-state index in [9.17, 15) is 14.4 Å². The summed E-state index contributed by atoms with van der Waals surface area (Å²) >= 11 is 5.89. The number of benzene rings is 1. The van der Waals surface area contributed by atoms with Crippen LogP contribution in [0.25, 0.3) is 11.0 Å². The summed E-state index contributed by atoms with van der Waals surface area (Å²) in [6.45, 7) is 6.53. The maximum atomic E-state index is 12.8. The molecule has 13 nitrogen and oxygen atoms in total. The molecule has 0 saturated carbocycles. The van der Waals surface area contributed by atoms with E-state index in [1.54, 1.807) is 19.1 Å². The molecule has 0 unspecified atom stereocenters. The monoisotopic (exact) mass is 519 g/mol. The van der Waals surface area contributed by atoms with E-state index in [4.69, 9.17) is 32.9 Å². The molecule has 0 fully saturated rings. The van der Waals surface area contributed by atoms with Gasteiger partial charge in [-0.15, -0.1) is 0 Å². The number of rotatable bonds is 10. The predicted octanol–water partition coefficient (Wildman–Crippen LogP) is 0.720. The standard InChI is InChI=1S/C22H27ClN8O5/c1-4-26-21(34)11-7-12-13(8-14(11)36-10-16(32)33)31(6-3)15(30(12)5-2)9-27-22(35)17-19(24)29-20(25)18(23)28-17/h7-8H,4-6,9-10H2,1-3H3,(H6-,24,25,26,27,29,32,33,34,35)/p+1. The predicted molar refractivity (Wildman–Crippen MR) is 132 cm³/mol. The van der Waals surface area contributed by atoms with Gasteiger partial charge in [0.25, 0.3) is 17.6 Å². The number of nitrogen functional groups attached to an aromatic ring is 2. The van der Waals surface area contributed by atoms with Crippen molar-refractivity contribution in [3.63, 3.8) is 0 Å². The lowest BCUT2D eigenvalue weighted by Gasteiger charge is -2.10. The van der Waals surface area contributed by atoms with Gasteiger partial charge in [-0.3, -0.25) is 9.59 Å². The molecule has 1 aromatic carbocycles. The van der Waals surface area contributed by atoms with Crippen molar-refractivity contribution < 1.29 is 28.8 Å². The first kappa shape index (κ1) is 26.5. The van der Waals surface area contributed by atoms with E-state index < -0.39 is 24.4 Å². The summed E-state index contributed by atoms with van der Waals surface area (Å²) in [5, 5.41) is 14.4. The highest BCUT2D eigenvalue weighted by atomic mass is 35.5. The summed E-state index contributed by atoms with van der Waals surface area (Å²) in [4.78, 5) is 44.4. The van der Waals surface area contributed by atoms with E-state index in [1.807, 2.05) is 23.0 Å². The number of hydrogen-bond acceptors (Lipinski definition) is 8. The number of fused-ring (bicyclic) bond motifs is 1. The van der Waals surface area contributed by atoms with Gasteiger partial charge in [-0.1, -0.05) is 11.6 Å². The summed E-state index contributed by atoms with van der Waals surface area (Å²) < 4.78 is 9.31. The van der Waals surface area contributed by atoms with E-state index in [0.29, 0.717) is 36.5 Å². The van der Waals surface area contributed by atoms with Crippen LogP contribution in [0.5, 0.6) is 5.75 Å². The summed E-state index contributed by atoms with van der Waals surface area (Å²) in [7, 11) is 0. The Kier molecular flexibility index (Phi) is 8.14. The number of halogens is 1. The number of amides is 2. The second kappa shape index (κ2) is 11.1. The average Bonchev–Trinajstić information content (AvgIpc) is 3.14. The molecule has 36 heavy (non-hydrogen) atoms. The minimum absolute atomic E-state index is 0.0792. The van der Waals surface area contributed by atoms with E-state index in [2.05, 4.69) is 20.6 Å². The Bertz CT molecular complexity index is 1340. The van der Waals surface area contributed by atoms with Gasteiger partial charge in [0.15, 0.2) is 40.1 Å². The minimum atomic E-state index is -1.17. The van der Waals surface area contributed by atoms with Crippen molar-refractivity contribution in [2.24, 2.45) is 0 Å². The zero-order valence-electron chi connectivity index (χ0n) is 20.1. The fraction of sp³-hybridized carbons (Fsp3) is 0.364. The quantitative estimate of drug-likeness (QED) is 0.240. The van der Waals surface area contributed by atoms with Gasteiger partial charge in [-0.25, -0.2) is 23.9 Å². The molecule has 0 aliphatic rings. The van der Waals surface area contributed by atoms with Crippen LogP contribution in [0.15, 0.2) is 12.1 Å². The van der Waals surface area contributed by atoms with E-state index in [0.717, 1.165) is 0 Å². The molecule has 3 aromatic rings. The summed E-state index contributed by atoms with van der Waals surface area (Å²) in [6, 6.07) is 3.29. The summed E-state index contributed by atoms with van der Waals surface area (Å²) in [5.74, 6) is -1.53. The molecule has 2 amide bonds. The Morgan fingerprint density at radius 2 is 1.83 bits per heavy atom. The lowest BCUT2D eigenvalue weighted by molar-refractivity contribution is -0.676. The Morgan fingerprint density at radius 1 is 1.11 bits per heavy atom. The number of nitrogens with two attached hydrogens (primary N) is 2. The molecular formula is C22H28ClN8O5+. The third-order valence-electron chi connectivity index (χ3n) is 5.37. The number of aryl methyl sites for hydroxylation is 2. The van der Waals surface area contributed by atoms with Crippen molar-refractivity contribution in [3.05, 3.63) is 34.4 Å². The highest BCUT2D eigenvalue weighted by Crippen LogP contribution is 2.27. The van der Waals surface area contributed by atoms with Crippen LogP contribution in [0.1, 0.15) is 47.4 Å². The van der Waals surface area contributed by atoms with Crippen LogP contribution in [0.4, 0.5) is 11.6 Å². The number of imidazole rings is 1. The molecule has 2 heterocycles. The number of aromatic nitrogens is 4. The summed E-state index contributed by atoms with van der Waals surface area (Å²) in [6.07, 6.45) is 0. The number of nitrogens with one attached hydrogen (secondary N) is 2. The van der Waals surface area contributed by atoms with Crippen molar-refractivity contribution in [1.82, 2.24) is 25.2 Å². The maximum absolute atomic E-state index is 12.8. The molecule has 7 N–H and O–H groups in total. The highest BCUT2D eigenvalue weighted by molar-refractivity contribution is 6.31. The molecule has 0 aliphatic heterocycles. The number of hydrogen-bond donors (Lipinski definition) is 5. The number of anilines is 2. The van der Waals surface area contributed by atoms with E-state index in [1.165, 1.54) is 0 Å². The van der Waals surface area contributed by atoms with Gasteiger partial charge < -0.3 is 31.9 Å². The Hall–Kier alpha value is -4.13. The van der Waals surface area contributed by atoms with Crippen molar-refractivity contribution >= 4 is 52.1 Å². The largest absolute Gasteiger partial charge is 0.481 e. The first-order chi connectivity index (χ1) is 17.1. The number of carboxylic acids is 1. The van der Waals surface area contributed by atoms with Crippen molar-refractivity contribution in [2.45, 2.75) is 40.4 Å². The van der Waals surface area contributed by atoms with Gasteiger partial charge >= 0.3 is 5.97 Å². The van der Waals surface area contributed by atoms with E-state index >= 15 is 0 Å². The fourth-order valence-corrected chi connectivity index (χ4v) is 3.98. The molecule has 0 aliphatic carbocycles. The lowest BCUT2D eigenvalue weighted by atomic mass is 10.1. The highest BCUT2D eigenvalue weighted by Gasteiger charge is 2.28. The molecule has 2 aromatic heterocycles. The van der Waals surface area contributed by atoms with Gasteiger partial charge in [0, 0.05) is 18.7 Å². The van der Waals surface area contributed by atoms with Crippen molar-refractivity contribution in [2.75, 3.05) is 24.6 Å². The van der Waals surface area contributed by atoms with Crippen LogP contribution in [0.2, 0.25) is 5.15 Å². The number of carboxylic acid groups (broad SMARTS) is 1. The molecule has 14 heteroatoms. The molecule has 0 bridgehead atoms. The average molecular weight is 520 g/mol. The maximum Gasteiger partial charge on any atom is 0.341 e. The lowest BCUT2D eigenvalue weighted by Crippen LogP contribution is -2.40. The smallest absolute Gasteiger partial charge is 0.341 e. The third-order valence-corrected chi connectivity index (χ3v) is 5.65. The molecule has 0 atom stereocenters.